The zero-order valence-corrected chi connectivity index (χ0v) is 9.49. The Morgan fingerprint density at radius 1 is 1.43 bits per heavy atom. The van der Waals surface area contributed by atoms with Crippen LogP contribution in [0, 0.1) is 6.92 Å². The molecular weight excluding hydrogens is 176 g/mol. The van der Waals surface area contributed by atoms with Crippen molar-refractivity contribution < 1.29 is 9.30 Å². The van der Waals surface area contributed by atoms with Crippen molar-refractivity contribution in [2.24, 2.45) is 7.05 Å². The predicted molar refractivity (Wildman–Crippen MR) is 56.1 cm³/mol. The molecule has 3 heteroatoms. The number of hydrogen-bond donors (Lipinski definition) is 0. The molecule has 0 bridgehead atoms. The van der Waals surface area contributed by atoms with Crippen molar-refractivity contribution in [1.29, 1.82) is 0 Å². The molecule has 0 fully saturated rings. The monoisotopic (exact) mass is 197 g/mol. The summed E-state index contributed by atoms with van der Waals surface area (Å²) in [4.78, 5) is 0. The summed E-state index contributed by atoms with van der Waals surface area (Å²) in [5.74, 6) is 1.31. The van der Waals surface area contributed by atoms with Crippen LogP contribution in [0.1, 0.15) is 25.6 Å². The average Bonchev–Trinajstić information content (AvgIpc) is 2.49. The third-order valence-corrected chi connectivity index (χ3v) is 2.54. The summed E-state index contributed by atoms with van der Waals surface area (Å²) < 4.78 is 9.72. The van der Waals surface area contributed by atoms with Crippen molar-refractivity contribution in [2.75, 3.05) is 13.2 Å². The van der Waals surface area contributed by atoms with Gasteiger partial charge in [-0.15, -0.1) is 0 Å². The first-order valence-electron chi connectivity index (χ1n) is 5.34. The van der Waals surface area contributed by atoms with Crippen molar-refractivity contribution in [3.63, 3.8) is 0 Å². The van der Waals surface area contributed by atoms with Crippen molar-refractivity contribution in [1.82, 2.24) is 4.57 Å². The van der Waals surface area contributed by atoms with E-state index in [-0.39, 0.29) is 0 Å². The quantitative estimate of drug-likeness (QED) is 0.498. The fourth-order valence-electron chi connectivity index (χ4n) is 1.47. The van der Waals surface area contributed by atoms with Gasteiger partial charge in [-0.2, -0.15) is 0 Å². The van der Waals surface area contributed by atoms with Crippen LogP contribution >= 0.6 is 0 Å². The SMILES string of the molecule is CCOCCCCn1cc[n+](C)c1C. The number of aryl methyl sites for hydroxylation is 2. The van der Waals surface area contributed by atoms with Gasteiger partial charge >= 0.3 is 0 Å². The minimum absolute atomic E-state index is 0.831. The van der Waals surface area contributed by atoms with Crippen LogP contribution in [0.15, 0.2) is 12.4 Å². The number of ether oxygens (including phenoxy) is 1. The Balaban J connectivity index is 2.21. The molecule has 0 unspecified atom stereocenters. The number of rotatable bonds is 6. The smallest absolute Gasteiger partial charge is 0.253 e. The van der Waals surface area contributed by atoms with Crippen LogP contribution in [0.3, 0.4) is 0 Å². The summed E-state index contributed by atoms with van der Waals surface area (Å²) in [7, 11) is 2.08. The summed E-state index contributed by atoms with van der Waals surface area (Å²) in [6, 6.07) is 0. The highest BCUT2D eigenvalue weighted by Crippen LogP contribution is 1.98. The van der Waals surface area contributed by atoms with Gasteiger partial charge in [-0.25, -0.2) is 9.13 Å². The molecule has 0 spiro atoms. The molecule has 14 heavy (non-hydrogen) atoms. The molecule has 0 amide bonds. The zero-order chi connectivity index (χ0) is 10.4. The molecule has 0 aromatic carbocycles. The molecule has 80 valence electrons. The third-order valence-electron chi connectivity index (χ3n) is 2.54. The van der Waals surface area contributed by atoms with Crippen molar-refractivity contribution in [3.05, 3.63) is 18.2 Å². The zero-order valence-electron chi connectivity index (χ0n) is 9.49. The summed E-state index contributed by atoms with van der Waals surface area (Å²) in [6.45, 7) is 7.00. The van der Waals surface area contributed by atoms with Gasteiger partial charge in [0.05, 0.1) is 13.6 Å². The largest absolute Gasteiger partial charge is 0.382 e. The first-order valence-corrected chi connectivity index (χ1v) is 5.34. The molecule has 0 radical (unpaired) electrons. The Morgan fingerprint density at radius 2 is 2.21 bits per heavy atom. The van der Waals surface area contributed by atoms with Crippen LogP contribution < -0.4 is 4.57 Å². The maximum Gasteiger partial charge on any atom is 0.253 e. The van der Waals surface area contributed by atoms with E-state index in [0.29, 0.717) is 0 Å². The molecule has 0 aliphatic heterocycles. The number of unbranched alkanes of at least 4 members (excludes halogenated alkanes) is 1. The van der Waals surface area contributed by atoms with Gasteiger partial charge in [-0.3, -0.25) is 0 Å². The lowest BCUT2D eigenvalue weighted by molar-refractivity contribution is -0.677. The second-order valence-corrected chi connectivity index (χ2v) is 3.55. The lowest BCUT2D eigenvalue weighted by Crippen LogP contribution is -2.29. The third kappa shape index (κ3) is 3.14. The molecule has 3 nitrogen and oxygen atoms in total. The molecule has 0 N–H and O–H groups in total. The Kier molecular flexibility index (Phi) is 4.66. The highest BCUT2D eigenvalue weighted by Gasteiger charge is 2.07. The highest BCUT2D eigenvalue weighted by molar-refractivity contribution is 4.78. The Labute approximate surface area is 86.3 Å². The van der Waals surface area contributed by atoms with Gasteiger partial charge in [0.2, 0.25) is 0 Å². The van der Waals surface area contributed by atoms with Gasteiger partial charge in [0, 0.05) is 20.1 Å². The Hall–Kier alpha value is -0.830. The molecule has 1 aromatic heterocycles. The predicted octanol–water partition coefficient (Wildman–Crippen LogP) is 1.44. The van der Waals surface area contributed by atoms with Crippen LogP contribution in [0.5, 0.6) is 0 Å². The van der Waals surface area contributed by atoms with E-state index < -0.39 is 0 Å². The van der Waals surface area contributed by atoms with E-state index >= 15 is 0 Å². The van der Waals surface area contributed by atoms with Crippen molar-refractivity contribution in [2.45, 2.75) is 33.2 Å². The molecular formula is C11H21N2O+. The van der Waals surface area contributed by atoms with Gasteiger partial charge < -0.3 is 4.74 Å². The van der Waals surface area contributed by atoms with Crippen LogP contribution in [0.4, 0.5) is 0 Å². The second kappa shape index (κ2) is 5.81. The highest BCUT2D eigenvalue weighted by atomic mass is 16.5. The van der Waals surface area contributed by atoms with Gasteiger partial charge in [0.25, 0.3) is 5.82 Å². The van der Waals surface area contributed by atoms with E-state index in [2.05, 4.69) is 35.5 Å². The topological polar surface area (TPSA) is 18.0 Å². The molecule has 0 aliphatic carbocycles. The first-order chi connectivity index (χ1) is 6.75. The molecule has 1 aromatic rings. The summed E-state index contributed by atoms with van der Waals surface area (Å²) in [5, 5.41) is 0. The minimum Gasteiger partial charge on any atom is -0.382 e. The number of aromatic nitrogens is 2. The lowest BCUT2D eigenvalue weighted by Gasteiger charge is -2.00. The summed E-state index contributed by atoms with van der Waals surface area (Å²) >= 11 is 0. The molecule has 0 saturated carbocycles. The van der Waals surface area contributed by atoms with Crippen molar-refractivity contribution >= 4 is 0 Å². The number of imidazole rings is 1. The maximum absolute atomic E-state index is 5.29. The number of nitrogens with zero attached hydrogens (tertiary/aromatic N) is 2. The van der Waals surface area contributed by atoms with E-state index in [1.807, 2.05) is 6.92 Å². The standard InChI is InChI=1S/C11H21N2O/c1-4-14-10-6-5-7-13-9-8-12(3)11(13)2/h8-9H,4-7,10H2,1-3H3/q+1. The summed E-state index contributed by atoms with van der Waals surface area (Å²) in [5.41, 5.74) is 0. The Morgan fingerprint density at radius 3 is 2.79 bits per heavy atom. The van der Waals surface area contributed by atoms with Gasteiger partial charge in [0.1, 0.15) is 12.4 Å². The van der Waals surface area contributed by atoms with Gasteiger partial charge in [0.15, 0.2) is 0 Å². The van der Waals surface area contributed by atoms with Crippen LogP contribution in [-0.2, 0) is 18.3 Å². The van der Waals surface area contributed by atoms with Gasteiger partial charge in [-0.1, -0.05) is 0 Å². The lowest BCUT2D eigenvalue weighted by atomic mass is 10.3. The van der Waals surface area contributed by atoms with Crippen LogP contribution in [0.25, 0.3) is 0 Å². The molecule has 1 rings (SSSR count). The average molecular weight is 197 g/mol. The van der Waals surface area contributed by atoms with E-state index in [9.17, 15) is 0 Å². The van der Waals surface area contributed by atoms with E-state index in [1.165, 1.54) is 12.2 Å². The molecule has 0 aliphatic rings. The molecule has 0 saturated heterocycles. The minimum atomic E-state index is 0.831. The summed E-state index contributed by atoms with van der Waals surface area (Å²) in [6.07, 6.45) is 6.57. The molecule has 0 atom stereocenters. The number of hydrogen-bond acceptors (Lipinski definition) is 1. The van der Waals surface area contributed by atoms with E-state index in [0.717, 1.165) is 26.2 Å². The fourth-order valence-corrected chi connectivity index (χ4v) is 1.47. The van der Waals surface area contributed by atoms with Crippen LogP contribution in [0.2, 0.25) is 0 Å². The van der Waals surface area contributed by atoms with E-state index in [4.69, 9.17) is 4.74 Å². The normalized spacial score (nSPS) is 10.8. The second-order valence-electron chi connectivity index (χ2n) is 3.55. The van der Waals surface area contributed by atoms with Crippen molar-refractivity contribution in [3.8, 4) is 0 Å². The van der Waals surface area contributed by atoms with Crippen LogP contribution in [-0.4, -0.2) is 17.8 Å². The molecule has 1 heterocycles. The van der Waals surface area contributed by atoms with Gasteiger partial charge in [-0.05, 0) is 19.8 Å². The fraction of sp³-hybridized carbons (Fsp3) is 0.727. The first kappa shape index (κ1) is 11.2. The maximum atomic E-state index is 5.29. The van der Waals surface area contributed by atoms with E-state index in [1.54, 1.807) is 0 Å². The Bertz CT molecular complexity index is 268.